The number of amides is 1. The zero-order valence-corrected chi connectivity index (χ0v) is 8.53. The molecule has 14 heavy (non-hydrogen) atoms. The third-order valence-electron chi connectivity index (χ3n) is 1.10. The summed E-state index contributed by atoms with van der Waals surface area (Å²) in [6.07, 6.45) is -1.98. The Morgan fingerprint density at radius 1 is 1.50 bits per heavy atom. The predicted octanol–water partition coefficient (Wildman–Crippen LogP) is 0.271. The smallest absolute Gasteiger partial charge is 0.408 e. The van der Waals surface area contributed by atoms with Crippen LogP contribution in [0.4, 0.5) is 4.79 Å². The van der Waals surface area contributed by atoms with Gasteiger partial charge in [-0.25, -0.2) is 4.79 Å². The molecule has 0 saturated carbocycles. The minimum atomic E-state index is -1.08. The third kappa shape index (κ3) is 7.35. The number of carboxylic acid groups (broad SMARTS) is 1. The largest absolute Gasteiger partial charge is 0.481 e. The molecule has 0 aliphatic heterocycles. The monoisotopic (exact) mass is 204 g/mol. The van der Waals surface area contributed by atoms with E-state index in [1.807, 2.05) is 0 Å². The van der Waals surface area contributed by atoms with Crippen LogP contribution in [0, 0.1) is 0 Å². The summed E-state index contributed by atoms with van der Waals surface area (Å²) >= 11 is 0. The van der Waals surface area contributed by atoms with Crippen LogP contribution in [0.1, 0.15) is 27.2 Å². The summed E-state index contributed by atoms with van der Waals surface area (Å²) in [7, 11) is 0. The standard InChI is InChI=1S/C8H16N2O4/c1-8(2,3)14-7(13)10-5(9)4-6(11)12/h5H,4,9H2,1-3H3,(H,10,13)(H,11,12)/t5-/m0/s1. The number of hydrogen-bond acceptors (Lipinski definition) is 4. The zero-order chi connectivity index (χ0) is 11.4. The quantitative estimate of drug-likeness (QED) is 0.573. The van der Waals surface area contributed by atoms with Gasteiger partial charge in [0.1, 0.15) is 5.60 Å². The Bertz CT molecular complexity index is 222. The minimum absolute atomic E-state index is 0.334. The highest BCUT2D eigenvalue weighted by Gasteiger charge is 2.18. The fourth-order valence-electron chi connectivity index (χ4n) is 0.698. The van der Waals surface area contributed by atoms with Gasteiger partial charge in [-0.05, 0) is 20.8 Å². The van der Waals surface area contributed by atoms with E-state index in [0.29, 0.717) is 0 Å². The maximum absolute atomic E-state index is 11.0. The second kappa shape index (κ2) is 4.80. The van der Waals surface area contributed by atoms with Gasteiger partial charge in [0.25, 0.3) is 0 Å². The first-order valence-electron chi connectivity index (χ1n) is 4.17. The Labute approximate surface area is 82.4 Å². The number of nitrogens with two attached hydrogens (primary N) is 1. The van der Waals surface area contributed by atoms with E-state index in [1.165, 1.54) is 0 Å². The normalized spacial score (nSPS) is 13.1. The lowest BCUT2D eigenvalue weighted by atomic mass is 10.2. The Morgan fingerprint density at radius 2 is 2.00 bits per heavy atom. The molecule has 0 aliphatic rings. The van der Waals surface area contributed by atoms with Crippen LogP contribution >= 0.6 is 0 Å². The maximum atomic E-state index is 11.0. The Kier molecular flexibility index (Phi) is 4.36. The van der Waals surface area contributed by atoms with Crippen LogP contribution in [0.3, 0.4) is 0 Å². The number of nitrogens with one attached hydrogen (secondary N) is 1. The van der Waals surface area contributed by atoms with E-state index in [9.17, 15) is 9.59 Å². The van der Waals surface area contributed by atoms with Crippen molar-refractivity contribution < 1.29 is 19.4 Å². The van der Waals surface area contributed by atoms with Crippen molar-refractivity contribution in [3.8, 4) is 0 Å². The zero-order valence-electron chi connectivity index (χ0n) is 8.53. The summed E-state index contributed by atoms with van der Waals surface area (Å²) in [5.74, 6) is -1.08. The molecular formula is C8H16N2O4. The van der Waals surface area contributed by atoms with Crippen LogP contribution < -0.4 is 11.1 Å². The van der Waals surface area contributed by atoms with Gasteiger partial charge in [0.2, 0.25) is 0 Å². The van der Waals surface area contributed by atoms with Crippen LogP contribution in [0.15, 0.2) is 0 Å². The van der Waals surface area contributed by atoms with Crippen molar-refractivity contribution in [2.24, 2.45) is 5.73 Å². The van der Waals surface area contributed by atoms with Crippen LogP contribution in [0.25, 0.3) is 0 Å². The van der Waals surface area contributed by atoms with Crippen molar-refractivity contribution in [2.45, 2.75) is 39.0 Å². The average Bonchev–Trinajstić information content (AvgIpc) is 1.77. The van der Waals surface area contributed by atoms with Gasteiger partial charge in [-0.15, -0.1) is 0 Å². The lowest BCUT2D eigenvalue weighted by Crippen LogP contribution is -2.45. The molecular weight excluding hydrogens is 188 g/mol. The number of rotatable bonds is 3. The van der Waals surface area contributed by atoms with Crippen LogP contribution in [0.5, 0.6) is 0 Å². The van der Waals surface area contributed by atoms with Crippen molar-refractivity contribution in [3.63, 3.8) is 0 Å². The third-order valence-corrected chi connectivity index (χ3v) is 1.10. The van der Waals surface area contributed by atoms with Gasteiger partial charge in [0, 0.05) is 0 Å². The number of carbonyl (C=O) groups is 2. The number of carboxylic acids is 1. The molecule has 1 amide bonds. The van der Waals surface area contributed by atoms with E-state index in [2.05, 4.69) is 5.32 Å². The van der Waals surface area contributed by atoms with Gasteiger partial charge in [0.15, 0.2) is 0 Å². The molecule has 6 heteroatoms. The second-order valence-electron chi connectivity index (χ2n) is 3.85. The maximum Gasteiger partial charge on any atom is 0.408 e. The van der Waals surface area contributed by atoms with Crippen molar-refractivity contribution in [3.05, 3.63) is 0 Å². The fourth-order valence-corrected chi connectivity index (χ4v) is 0.698. The summed E-state index contributed by atoms with van der Waals surface area (Å²) in [4.78, 5) is 21.2. The van der Waals surface area contributed by atoms with E-state index in [0.717, 1.165) is 0 Å². The lowest BCUT2D eigenvalue weighted by Gasteiger charge is -2.21. The molecule has 0 aromatic carbocycles. The molecule has 0 spiro atoms. The first-order chi connectivity index (χ1) is 6.20. The highest BCUT2D eigenvalue weighted by molar-refractivity contribution is 5.71. The molecule has 0 rings (SSSR count). The molecule has 0 fully saturated rings. The summed E-state index contributed by atoms with van der Waals surface area (Å²) < 4.78 is 4.87. The van der Waals surface area contributed by atoms with Crippen molar-refractivity contribution >= 4 is 12.1 Å². The van der Waals surface area contributed by atoms with E-state index < -0.39 is 23.8 Å². The number of carbonyl (C=O) groups excluding carboxylic acids is 1. The topological polar surface area (TPSA) is 102 Å². The van der Waals surface area contributed by atoms with Crippen LogP contribution in [-0.2, 0) is 9.53 Å². The molecule has 0 aliphatic carbocycles. The number of ether oxygens (including phenoxy) is 1. The second-order valence-corrected chi connectivity index (χ2v) is 3.85. The summed E-state index contributed by atoms with van der Waals surface area (Å²) in [6.45, 7) is 5.11. The van der Waals surface area contributed by atoms with Gasteiger partial charge in [-0.1, -0.05) is 0 Å². The lowest BCUT2D eigenvalue weighted by molar-refractivity contribution is -0.137. The van der Waals surface area contributed by atoms with E-state index in [1.54, 1.807) is 20.8 Å². The molecule has 0 aromatic rings. The average molecular weight is 204 g/mol. The van der Waals surface area contributed by atoms with Gasteiger partial charge in [0.05, 0.1) is 12.6 Å². The summed E-state index contributed by atoms with van der Waals surface area (Å²) in [5, 5.41) is 10.6. The van der Waals surface area contributed by atoms with Crippen molar-refractivity contribution in [2.75, 3.05) is 0 Å². The number of alkyl carbamates (subject to hydrolysis) is 1. The SMILES string of the molecule is CC(C)(C)OC(=O)N[C@H](N)CC(=O)O. The van der Waals surface area contributed by atoms with Gasteiger partial charge in [-0.3, -0.25) is 4.79 Å². The first kappa shape index (κ1) is 12.7. The van der Waals surface area contributed by atoms with Gasteiger partial charge >= 0.3 is 12.1 Å². The number of hydrogen-bond donors (Lipinski definition) is 3. The molecule has 0 unspecified atom stereocenters. The molecule has 0 bridgehead atoms. The van der Waals surface area contributed by atoms with Gasteiger partial charge < -0.3 is 20.9 Å². The number of aliphatic carboxylic acids is 1. The highest BCUT2D eigenvalue weighted by atomic mass is 16.6. The van der Waals surface area contributed by atoms with Crippen molar-refractivity contribution in [1.82, 2.24) is 5.32 Å². The molecule has 4 N–H and O–H groups in total. The van der Waals surface area contributed by atoms with Crippen LogP contribution in [-0.4, -0.2) is 28.9 Å². The molecule has 0 heterocycles. The van der Waals surface area contributed by atoms with E-state index in [4.69, 9.17) is 15.6 Å². The van der Waals surface area contributed by atoms with Gasteiger partial charge in [-0.2, -0.15) is 0 Å². The molecule has 1 atom stereocenters. The molecule has 82 valence electrons. The van der Waals surface area contributed by atoms with Crippen LogP contribution in [0.2, 0.25) is 0 Å². The fraction of sp³-hybridized carbons (Fsp3) is 0.750. The Morgan fingerprint density at radius 3 is 2.36 bits per heavy atom. The molecule has 6 nitrogen and oxygen atoms in total. The first-order valence-corrected chi connectivity index (χ1v) is 4.17. The van der Waals surface area contributed by atoms with E-state index in [-0.39, 0.29) is 6.42 Å². The minimum Gasteiger partial charge on any atom is -0.481 e. The summed E-state index contributed by atoms with van der Waals surface area (Å²) in [5.41, 5.74) is 4.68. The predicted molar refractivity (Wildman–Crippen MR) is 49.6 cm³/mol. The molecule has 0 saturated heterocycles. The van der Waals surface area contributed by atoms with E-state index >= 15 is 0 Å². The molecule has 0 aromatic heterocycles. The Balaban J connectivity index is 3.89. The molecule has 0 radical (unpaired) electrons. The summed E-state index contributed by atoms with van der Waals surface area (Å²) in [6, 6.07) is 0. The Hall–Kier alpha value is -1.30. The highest BCUT2D eigenvalue weighted by Crippen LogP contribution is 2.06. The van der Waals surface area contributed by atoms with Crippen molar-refractivity contribution in [1.29, 1.82) is 0 Å².